The first-order chi connectivity index (χ1) is 15.7. The summed E-state index contributed by atoms with van der Waals surface area (Å²) in [5.41, 5.74) is 3.45. The average molecular weight is 424 g/mol. The smallest absolute Gasteiger partial charge is 0.242 e. The summed E-state index contributed by atoms with van der Waals surface area (Å²) in [6, 6.07) is 18.4. The van der Waals surface area contributed by atoms with Crippen molar-refractivity contribution in [3.05, 3.63) is 84.6 Å². The van der Waals surface area contributed by atoms with E-state index in [0.29, 0.717) is 0 Å². The molecular formula is C26H25N5O. The number of amides is 1. The molecule has 0 saturated carbocycles. The maximum absolute atomic E-state index is 14.0. The second kappa shape index (κ2) is 7.28. The third-order valence-corrected chi connectivity index (χ3v) is 7.10. The summed E-state index contributed by atoms with van der Waals surface area (Å²) in [4.78, 5) is 27.4. The first-order valence-corrected chi connectivity index (χ1v) is 11.1. The lowest BCUT2D eigenvalue weighted by molar-refractivity contribution is -0.124. The van der Waals surface area contributed by atoms with Crippen LogP contribution in [-0.4, -0.2) is 38.4 Å². The maximum Gasteiger partial charge on any atom is 0.242 e. The van der Waals surface area contributed by atoms with Crippen LogP contribution >= 0.6 is 0 Å². The van der Waals surface area contributed by atoms with E-state index in [0.717, 1.165) is 66.1 Å². The Balaban J connectivity index is 1.33. The second-order valence-corrected chi connectivity index (χ2v) is 8.86. The maximum atomic E-state index is 14.0. The molecule has 6 heteroatoms. The Labute approximate surface area is 187 Å². The molecule has 4 aromatic rings. The number of carbonyl (C=O) groups excluding carboxylic acids is 1. The molecule has 2 aliphatic heterocycles. The number of hydrogen-bond donors (Lipinski definition) is 0. The Morgan fingerprint density at radius 3 is 2.59 bits per heavy atom. The van der Waals surface area contributed by atoms with Crippen LogP contribution < -0.4 is 4.90 Å². The van der Waals surface area contributed by atoms with Gasteiger partial charge in [0.1, 0.15) is 5.82 Å². The highest BCUT2D eigenvalue weighted by molar-refractivity contribution is 6.13. The number of anilines is 2. The predicted octanol–water partition coefficient (Wildman–Crippen LogP) is 4.18. The number of carbonyl (C=O) groups is 1. The van der Waals surface area contributed by atoms with Crippen molar-refractivity contribution < 1.29 is 4.79 Å². The Hall–Kier alpha value is -3.51. The van der Waals surface area contributed by atoms with Crippen LogP contribution in [0.1, 0.15) is 24.2 Å². The van der Waals surface area contributed by atoms with E-state index in [-0.39, 0.29) is 5.91 Å². The standard InChI is InChI=1S/C26H25N5O/c1-29-15-12-27-24(29)18-30-13-10-26(11-14-30)21-7-3-5-9-23(21)31(25(26)32)20-16-19-6-2-4-8-22(19)28-17-20/h2-9,12,15-17H,10-11,13-14,18H2,1H3. The molecule has 6 rings (SSSR count). The van der Waals surface area contributed by atoms with Crippen LogP contribution in [-0.2, 0) is 23.8 Å². The summed E-state index contributed by atoms with van der Waals surface area (Å²) in [6.45, 7) is 2.56. The SMILES string of the molecule is Cn1ccnc1CN1CCC2(CC1)C(=O)N(c1cnc3ccccc3c1)c1ccccc12. The van der Waals surface area contributed by atoms with Crippen molar-refractivity contribution in [2.75, 3.05) is 18.0 Å². The third kappa shape index (κ3) is 2.87. The molecule has 0 bridgehead atoms. The number of nitrogens with zero attached hydrogens (tertiary/aromatic N) is 5. The van der Waals surface area contributed by atoms with E-state index < -0.39 is 5.41 Å². The average Bonchev–Trinajstić information content (AvgIpc) is 3.34. The lowest BCUT2D eigenvalue weighted by atomic mass is 9.73. The van der Waals surface area contributed by atoms with E-state index in [4.69, 9.17) is 0 Å². The summed E-state index contributed by atoms with van der Waals surface area (Å²) in [7, 11) is 2.03. The molecule has 2 aliphatic rings. The van der Waals surface area contributed by atoms with Crippen molar-refractivity contribution in [1.82, 2.24) is 19.4 Å². The number of aromatic nitrogens is 3. The first-order valence-electron chi connectivity index (χ1n) is 11.1. The van der Waals surface area contributed by atoms with Crippen molar-refractivity contribution in [1.29, 1.82) is 0 Å². The van der Waals surface area contributed by atoms with Crippen LogP contribution in [0.4, 0.5) is 11.4 Å². The van der Waals surface area contributed by atoms with E-state index in [2.05, 4.69) is 43.7 Å². The highest BCUT2D eigenvalue weighted by Gasteiger charge is 2.52. The van der Waals surface area contributed by atoms with E-state index >= 15 is 0 Å². The summed E-state index contributed by atoms with van der Waals surface area (Å²) < 4.78 is 2.06. The quantitative estimate of drug-likeness (QED) is 0.496. The highest BCUT2D eigenvalue weighted by atomic mass is 16.2. The van der Waals surface area contributed by atoms with Gasteiger partial charge in [0.15, 0.2) is 0 Å². The molecular weight excluding hydrogens is 398 g/mol. The molecule has 1 saturated heterocycles. The van der Waals surface area contributed by atoms with Gasteiger partial charge in [-0.3, -0.25) is 19.6 Å². The van der Waals surface area contributed by atoms with E-state index in [1.165, 1.54) is 0 Å². The molecule has 0 radical (unpaired) electrons. The van der Waals surface area contributed by atoms with E-state index in [9.17, 15) is 4.79 Å². The zero-order valence-corrected chi connectivity index (χ0v) is 18.1. The number of hydrogen-bond acceptors (Lipinski definition) is 4. The monoisotopic (exact) mass is 423 g/mol. The molecule has 0 unspecified atom stereocenters. The Kier molecular flexibility index (Phi) is 4.36. The second-order valence-electron chi connectivity index (χ2n) is 8.86. The summed E-state index contributed by atoms with van der Waals surface area (Å²) in [5.74, 6) is 1.23. The number of likely N-dealkylation sites (tertiary alicyclic amines) is 1. The number of fused-ring (bicyclic) bond motifs is 3. The van der Waals surface area contributed by atoms with Gasteiger partial charge in [0.2, 0.25) is 5.91 Å². The number of rotatable bonds is 3. The molecule has 1 amide bonds. The zero-order chi connectivity index (χ0) is 21.7. The molecule has 2 aromatic heterocycles. The van der Waals surface area contributed by atoms with Crippen LogP contribution in [0, 0.1) is 0 Å². The molecule has 0 N–H and O–H groups in total. The zero-order valence-electron chi connectivity index (χ0n) is 18.1. The predicted molar refractivity (Wildman–Crippen MR) is 125 cm³/mol. The van der Waals surface area contributed by atoms with Crippen molar-refractivity contribution in [2.45, 2.75) is 24.8 Å². The van der Waals surface area contributed by atoms with Crippen molar-refractivity contribution in [3.8, 4) is 0 Å². The Morgan fingerprint density at radius 2 is 1.78 bits per heavy atom. The molecule has 1 spiro atoms. The van der Waals surface area contributed by atoms with Gasteiger partial charge in [-0.2, -0.15) is 0 Å². The van der Waals surface area contributed by atoms with Gasteiger partial charge in [0.05, 0.1) is 35.0 Å². The fourth-order valence-corrected chi connectivity index (χ4v) is 5.27. The molecule has 32 heavy (non-hydrogen) atoms. The van der Waals surface area contributed by atoms with Gasteiger partial charge in [-0.15, -0.1) is 0 Å². The van der Waals surface area contributed by atoms with Crippen LogP contribution in [0.25, 0.3) is 10.9 Å². The van der Waals surface area contributed by atoms with Crippen molar-refractivity contribution in [3.63, 3.8) is 0 Å². The highest BCUT2D eigenvalue weighted by Crippen LogP contribution is 2.50. The van der Waals surface area contributed by atoms with Gasteiger partial charge < -0.3 is 4.57 Å². The number of imidazole rings is 1. The van der Waals surface area contributed by atoms with Gasteiger partial charge in [0, 0.05) is 24.8 Å². The molecule has 0 atom stereocenters. The van der Waals surface area contributed by atoms with Gasteiger partial charge in [-0.05, 0) is 49.7 Å². The molecule has 160 valence electrons. The summed E-state index contributed by atoms with van der Waals surface area (Å²) in [6.07, 6.45) is 7.27. The van der Waals surface area contributed by atoms with Crippen LogP contribution in [0.3, 0.4) is 0 Å². The fourth-order valence-electron chi connectivity index (χ4n) is 5.27. The normalized spacial score (nSPS) is 17.9. The van der Waals surface area contributed by atoms with Crippen molar-refractivity contribution in [2.24, 2.45) is 7.05 Å². The summed E-state index contributed by atoms with van der Waals surface area (Å²) in [5, 5.41) is 1.04. The minimum Gasteiger partial charge on any atom is -0.337 e. The largest absolute Gasteiger partial charge is 0.337 e. The topological polar surface area (TPSA) is 54.3 Å². The number of aryl methyl sites for hydroxylation is 1. The van der Waals surface area contributed by atoms with Gasteiger partial charge >= 0.3 is 0 Å². The van der Waals surface area contributed by atoms with Gasteiger partial charge in [-0.25, -0.2) is 4.98 Å². The van der Waals surface area contributed by atoms with Crippen LogP contribution in [0.5, 0.6) is 0 Å². The van der Waals surface area contributed by atoms with E-state index in [1.807, 2.05) is 60.9 Å². The Morgan fingerprint density at radius 1 is 1.00 bits per heavy atom. The van der Waals surface area contributed by atoms with Crippen LogP contribution in [0.15, 0.2) is 73.2 Å². The molecule has 0 aliphatic carbocycles. The minimum atomic E-state index is -0.472. The van der Waals surface area contributed by atoms with Gasteiger partial charge in [-0.1, -0.05) is 36.4 Å². The lowest BCUT2D eigenvalue weighted by Crippen LogP contribution is -2.47. The molecule has 4 heterocycles. The molecule has 2 aromatic carbocycles. The number of piperidine rings is 1. The Bertz CT molecular complexity index is 1320. The number of para-hydroxylation sites is 2. The fraction of sp³-hybridized carbons (Fsp3) is 0.269. The molecule has 6 nitrogen and oxygen atoms in total. The first kappa shape index (κ1) is 19.2. The lowest BCUT2D eigenvalue weighted by Gasteiger charge is -2.38. The summed E-state index contributed by atoms with van der Waals surface area (Å²) >= 11 is 0. The van der Waals surface area contributed by atoms with Gasteiger partial charge in [0.25, 0.3) is 0 Å². The third-order valence-electron chi connectivity index (χ3n) is 7.10. The number of pyridine rings is 1. The number of benzene rings is 2. The molecule has 1 fully saturated rings. The minimum absolute atomic E-state index is 0.174. The van der Waals surface area contributed by atoms with E-state index in [1.54, 1.807) is 0 Å². The van der Waals surface area contributed by atoms with Crippen molar-refractivity contribution >= 4 is 28.2 Å². The van der Waals surface area contributed by atoms with Crippen LogP contribution in [0.2, 0.25) is 0 Å².